The van der Waals surface area contributed by atoms with Gasteiger partial charge in [-0.2, -0.15) is 0 Å². The fourth-order valence-corrected chi connectivity index (χ4v) is 4.25. The second-order valence-electron chi connectivity index (χ2n) is 7.55. The minimum atomic E-state index is -0.352. The fourth-order valence-electron chi connectivity index (χ4n) is 4.25. The Morgan fingerprint density at radius 3 is 1.97 bits per heavy atom. The lowest BCUT2D eigenvalue weighted by molar-refractivity contribution is -0.113. The molecule has 1 unspecified atom stereocenters. The normalized spacial score (nSPS) is 15.8. The Labute approximate surface area is 187 Å². The highest BCUT2D eigenvalue weighted by atomic mass is 16.5. The van der Waals surface area contributed by atoms with E-state index in [2.05, 4.69) is 17.1 Å². The standard InChI is InChI=1S/C28H22N2O2/c1-32-23-17-15-22(16-18-23)30-27(24-14-8-9-19-29-24)25(20-10-4-2-5-11-20)26(28(30)31)21-12-6-3-7-13-21/h2-19,27H,1H3. The van der Waals surface area contributed by atoms with Crippen molar-refractivity contribution in [2.75, 3.05) is 12.0 Å². The minimum absolute atomic E-state index is 0.0455. The first-order chi connectivity index (χ1) is 15.8. The molecule has 2 heterocycles. The van der Waals surface area contributed by atoms with Crippen molar-refractivity contribution in [1.29, 1.82) is 0 Å². The Morgan fingerprint density at radius 2 is 1.38 bits per heavy atom. The number of anilines is 1. The molecule has 0 aliphatic carbocycles. The molecule has 0 saturated carbocycles. The van der Waals surface area contributed by atoms with Crippen LogP contribution in [0.25, 0.3) is 11.1 Å². The Morgan fingerprint density at radius 1 is 0.750 bits per heavy atom. The van der Waals surface area contributed by atoms with Gasteiger partial charge in [-0.05, 0) is 47.5 Å². The third-order valence-electron chi connectivity index (χ3n) is 5.70. The highest BCUT2D eigenvalue weighted by molar-refractivity contribution is 6.37. The van der Waals surface area contributed by atoms with Crippen LogP contribution in [0.3, 0.4) is 0 Å². The van der Waals surface area contributed by atoms with Crippen LogP contribution < -0.4 is 9.64 Å². The molecule has 5 rings (SSSR count). The zero-order valence-electron chi connectivity index (χ0n) is 17.7. The first-order valence-corrected chi connectivity index (χ1v) is 10.5. The second-order valence-corrected chi connectivity index (χ2v) is 7.55. The molecule has 0 fully saturated rings. The number of hydrogen-bond acceptors (Lipinski definition) is 3. The van der Waals surface area contributed by atoms with Gasteiger partial charge in [-0.1, -0.05) is 66.7 Å². The molecule has 4 heteroatoms. The molecule has 0 radical (unpaired) electrons. The second kappa shape index (κ2) is 8.52. The third-order valence-corrected chi connectivity index (χ3v) is 5.70. The van der Waals surface area contributed by atoms with Gasteiger partial charge < -0.3 is 4.74 Å². The van der Waals surface area contributed by atoms with Gasteiger partial charge >= 0.3 is 0 Å². The number of amides is 1. The van der Waals surface area contributed by atoms with Crippen molar-refractivity contribution in [2.45, 2.75) is 6.04 Å². The van der Waals surface area contributed by atoms with E-state index in [-0.39, 0.29) is 11.9 Å². The van der Waals surface area contributed by atoms with E-state index >= 15 is 0 Å². The molecule has 1 aliphatic rings. The van der Waals surface area contributed by atoms with Gasteiger partial charge in [0.15, 0.2) is 0 Å². The van der Waals surface area contributed by atoms with Crippen LogP contribution in [0, 0.1) is 0 Å². The predicted molar refractivity (Wildman–Crippen MR) is 127 cm³/mol. The number of pyridine rings is 1. The molecule has 0 spiro atoms. The van der Waals surface area contributed by atoms with E-state index in [1.807, 2.05) is 95.9 Å². The molecular weight excluding hydrogens is 396 g/mol. The van der Waals surface area contributed by atoms with Crippen molar-refractivity contribution in [1.82, 2.24) is 4.98 Å². The molecule has 1 amide bonds. The number of benzene rings is 3. The summed E-state index contributed by atoms with van der Waals surface area (Å²) in [6.45, 7) is 0. The van der Waals surface area contributed by atoms with Crippen molar-refractivity contribution in [2.24, 2.45) is 0 Å². The predicted octanol–water partition coefficient (Wildman–Crippen LogP) is 5.79. The number of methoxy groups -OCH3 is 1. The largest absolute Gasteiger partial charge is 0.497 e. The summed E-state index contributed by atoms with van der Waals surface area (Å²) in [4.78, 5) is 20.5. The number of carbonyl (C=O) groups is 1. The van der Waals surface area contributed by atoms with E-state index in [0.717, 1.165) is 33.8 Å². The third kappa shape index (κ3) is 3.46. The summed E-state index contributed by atoms with van der Waals surface area (Å²) >= 11 is 0. The van der Waals surface area contributed by atoms with Crippen LogP contribution in [-0.4, -0.2) is 18.0 Å². The Hall–Kier alpha value is -4.18. The summed E-state index contributed by atoms with van der Waals surface area (Å²) in [5.41, 5.74) is 5.17. The first kappa shape index (κ1) is 19.8. The number of aromatic nitrogens is 1. The fraction of sp³-hybridized carbons (Fsp3) is 0.0714. The average molecular weight is 418 g/mol. The zero-order valence-corrected chi connectivity index (χ0v) is 17.7. The molecule has 1 aromatic heterocycles. The zero-order chi connectivity index (χ0) is 21.9. The van der Waals surface area contributed by atoms with Crippen LogP contribution in [0.4, 0.5) is 5.69 Å². The minimum Gasteiger partial charge on any atom is -0.497 e. The smallest absolute Gasteiger partial charge is 0.260 e. The van der Waals surface area contributed by atoms with Crippen LogP contribution in [0.1, 0.15) is 22.9 Å². The maximum atomic E-state index is 14.0. The van der Waals surface area contributed by atoms with Crippen molar-refractivity contribution in [3.8, 4) is 5.75 Å². The number of carbonyl (C=O) groups excluding carboxylic acids is 1. The molecule has 156 valence electrons. The van der Waals surface area contributed by atoms with Gasteiger partial charge in [-0.15, -0.1) is 0 Å². The highest BCUT2D eigenvalue weighted by Crippen LogP contribution is 2.48. The monoisotopic (exact) mass is 418 g/mol. The molecule has 4 aromatic rings. The van der Waals surface area contributed by atoms with E-state index < -0.39 is 0 Å². The van der Waals surface area contributed by atoms with Crippen LogP contribution in [0.2, 0.25) is 0 Å². The molecule has 0 bridgehead atoms. The van der Waals surface area contributed by atoms with Gasteiger partial charge in [-0.25, -0.2) is 0 Å². The number of hydrogen-bond donors (Lipinski definition) is 0. The average Bonchev–Trinajstić information content (AvgIpc) is 3.18. The Kier molecular flexibility index (Phi) is 5.26. The summed E-state index contributed by atoms with van der Waals surface area (Å²) in [6, 6.07) is 33.0. The molecular formula is C28H22N2O2. The van der Waals surface area contributed by atoms with E-state index in [1.165, 1.54) is 0 Å². The van der Waals surface area contributed by atoms with E-state index in [9.17, 15) is 4.79 Å². The summed E-state index contributed by atoms with van der Waals surface area (Å²) in [5, 5.41) is 0. The van der Waals surface area contributed by atoms with E-state index in [1.54, 1.807) is 13.3 Å². The molecule has 0 saturated heterocycles. The van der Waals surface area contributed by atoms with Crippen molar-refractivity contribution in [3.05, 3.63) is 126 Å². The molecule has 4 nitrogen and oxygen atoms in total. The molecule has 1 aliphatic heterocycles. The SMILES string of the molecule is COc1ccc(N2C(=O)C(c3ccccc3)=C(c3ccccc3)C2c2ccccn2)cc1. The van der Waals surface area contributed by atoms with Gasteiger partial charge in [0, 0.05) is 17.5 Å². The maximum absolute atomic E-state index is 14.0. The van der Waals surface area contributed by atoms with Gasteiger partial charge in [0.25, 0.3) is 5.91 Å². The van der Waals surface area contributed by atoms with Gasteiger partial charge in [-0.3, -0.25) is 14.7 Å². The Bertz CT molecular complexity index is 1250. The van der Waals surface area contributed by atoms with Crippen molar-refractivity contribution < 1.29 is 9.53 Å². The quantitative estimate of drug-likeness (QED) is 0.412. The van der Waals surface area contributed by atoms with E-state index in [4.69, 9.17) is 4.74 Å². The molecule has 1 atom stereocenters. The number of nitrogens with zero attached hydrogens (tertiary/aromatic N) is 2. The molecule has 3 aromatic carbocycles. The lowest BCUT2D eigenvalue weighted by atomic mass is 9.91. The topological polar surface area (TPSA) is 42.4 Å². The summed E-state index contributed by atoms with van der Waals surface area (Å²) in [7, 11) is 1.63. The summed E-state index contributed by atoms with van der Waals surface area (Å²) in [5.74, 6) is 0.699. The lowest BCUT2D eigenvalue weighted by Crippen LogP contribution is -2.30. The molecule has 32 heavy (non-hydrogen) atoms. The van der Waals surface area contributed by atoms with Crippen molar-refractivity contribution >= 4 is 22.7 Å². The Balaban J connectivity index is 1.77. The van der Waals surface area contributed by atoms with Crippen LogP contribution in [0.5, 0.6) is 5.75 Å². The van der Waals surface area contributed by atoms with Crippen molar-refractivity contribution in [3.63, 3.8) is 0 Å². The van der Waals surface area contributed by atoms with Crippen LogP contribution in [0.15, 0.2) is 109 Å². The summed E-state index contributed by atoms with van der Waals surface area (Å²) in [6.07, 6.45) is 1.77. The van der Waals surface area contributed by atoms with E-state index in [0.29, 0.717) is 5.57 Å². The first-order valence-electron chi connectivity index (χ1n) is 10.5. The van der Waals surface area contributed by atoms with Crippen LogP contribution in [-0.2, 0) is 4.79 Å². The highest BCUT2D eigenvalue weighted by Gasteiger charge is 2.42. The molecule has 0 N–H and O–H groups in total. The van der Waals surface area contributed by atoms with Gasteiger partial charge in [0.05, 0.1) is 18.4 Å². The maximum Gasteiger partial charge on any atom is 0.260 e. The summed E-state index contributed by atoms with van der Waals surface area (Å²) < 4.78 is 5.32. The van der Waals surface area contributed by atoms with Gasteiger partial charge in [0.1, 0.15) is 11.8 Å². The van der Waals surface area contributed by atoms with Gasteiger partial charge in [0.2, 0.25) is 0 Å². The number of rotatable bonds is 5. The number of ether oxygens (including phenoxy) is 1. The van der Waals surface area contributed by atoms with Crippen LogP contribution >= 0.6 is 0 Å². The lowest BCUT2D eigenvalue weighted by Gasteiger charge is -2.27.